The molecule has 1 saturated heterocycles. The molecule has 11 heteroatoms. The van der Waals surface area contributed by atoms with Crippen LogP contribution in [0.1, 0.15) is 12.5 Å². The molecule has 1 fully saturated rings. The summed E-state index contributed by atoms with van der Waals surface area (Å²) in [6.45, 7) is 1.96. The Balaban J connectivity index is 1.37. The number of carbonyl (C=O) groups excluding carboxylic acids is 2. The average Bonchev–Trinajstić information content (AvgIpc) is 2.93. The molecule has 3 atom stereocenters. The van der Waals surface area contributed by atoms with E-state index in [4.69, 9.17) is 9.15 Å². The number of hydrogen-bond donors (Lipinski definition) is 2. The molecule has 2 N–H and O–H groups in total. The van der Waals surface area contributed by atoms with Crippen LogP contribution in [0, 0.1) is 0 Å². The molecule has 2 aliphatic rings. The summed E-state index contributed by atoms with van der Waals surface area (Å²) in [7, 11) is 0. The van der Waals surface area contributed by atoms with Crippen LogP contribution in [0.25, 0.3) is 11.0 Å². The second kappa shape index (κ2) is 11.6. The molecule has 2 amide bonds. The number of thioether (sulfide) groups is 2. The van der Waals surface area contributed by atoms with Crippen molar-refractivity contribution in [3.8, 4) is 5.75 Å². The van der Waals surface area contributed by atoms with E-state index in [-0.39, 0.29) is 29.9 Å². The van der Waals surface area contributed by atoms with Gasteiger partial charge in [0.2, 0.25) is 5.91 Å². The third-order valence-corrected chi connectivity index (χ3v) is 9.20. The fourth-order valence-electron chi connectivity index (χ4n) is 4.60. The molecule has 3 aromatic rings. The Morgan fingerprint density at radius 2 is 1.90 bits per heavy atom. The van der Waals surface area contributed by atoms with Crippen molar-refractivity contribution in [2.75, 3.05) is 18.1 Å². The number of nitrogens with zero attached hydrogens (tertiary/aromatic N) is 1. The van der Waals surface area contributed by atoms with Gasteiger partial charge in [-0.05, 0) is 29.5 Å². The van der Waals surface area contributed by atoms with Crippen LogP contribution in [0.5, 0.6) is 5.75 Å². The molecule has 1 aromatic heterocycles. The van der Waals surface area contributed by atoms with Crippen molar-refractivity contribution in [1.82, 2.24) is 10.2 Å². The molecule has 9 nitrogen and oxygen atoms in total. The number of carboxylic acid groups (broad SMARTS) is 1. The van der Waals surface area contributed by atoms with Crippen LogP contribution in [0.3, 0.4) is 0 Å². The minimum absolute atomic E-state index is 0.0618. The van der Waals surface area contributed by atoms with Gasteiger partial charge < -0.3 is 19.6 Å². The zero-order valence-corrected chi connectivity index (χ0v) is 22.6. The summed E-state index contributed by atoms with van der Waals surface area (Å²) < 4.78 is 11.2. The molecule has 2 aliphatic heterocycles. The summed E-state index contributed by atoms with van der Waals surface area (Å²) in [5.41, 5.74) is 1.08. The third-order valence-electron chi connectivity index (χ3n) is 6.47. The van der Waals surface area contributed by atoms with E-state index in [1.165, 1.54) is 22.7 Å². The first-order chi connectivity index (χ1) is 18.9. The zero-order chi connectivity index (χ0) is 27.5. The predicted molar refractivity (Wildman–Crippen MR) is 150 cm³/mol. The number of rotatable bonds is 10. The van der Waals surface area contributed by atoms with Crippen LogP contribution >= 0.6 is 23.5 Å². The number of amides is 2. The maximum atomic E-state index is 13.1. The van der Waals surface area contributed by atoms with Crippen LogP contribution in [0.15, 0.2) is 81.1 Å². The molecule has 2 aromatic carbocycles. The summed E-state index contributed by atoms with van der Waals surface area (Å²) in [5.74, 6) is -0.120. The number of β-lactam (4-membered cyclic amide) rings is 1. The monoisotopic (exact) mass is 566 g/mol. The van der Waals surface area contributed by atoms with Gasteiger partial charge in [-0.3, -0.25) is 14.5 Å². The molecule has 0 unspecified atom stereocenters. The summed E-state index contributed by atoms with van der Waals surface area (Å²) in [5, 5.41) is 12.9. The summed E-state index contributed by atoms with van der Waals surface area (Å²) in [6, 6.07) is 16.4. The Kier molecular flexibility index (Phi) is 7.99. The first kappa shape index (κ1) is 26.9. The highest BCUT2D eigenvalue weighted by atomic mass is 32.2. The van der Waals surface area contributed by atoms with Gasteiger partial charge in [0.05, 0.1) is 6.42 Å². The minimum Gasteiger partial charge on any atom is -0.489 e. The van der Waals surface area contributed by atoms with Crippen molar-refractivity contribution >= 4 is 52.3 Å². The summed E-state index contributed by atoms with van der Waals surface area (Å²) >= 11 is 3.12. The lowest BCUT2D eigenvalue weighted by Crippen LogP contribution is -2.71. The van der Waals surface area contributed by atoms with E-state index in [1.54, 1.807) is 36.0 Å². The molecule has 202 valence electrons. The standard InChI is InChI=1S/C28H26N2O7S2/c1-2-38-15-21-19(14-36-18-10-8-17-9-11-23(32)37-20(17)13-18)25(28(34)35)30-26(33)24(27(30)39-21)29-22(31)12-16-6-4-3-5-7-16/h3-11,13,21,24,27H,2,12,14-15H2,1H3,(H,29,31)(H,34,35)/t21-,24+,27+/m0/s1. The number of benzene rings is 2. The minimum atomic E-state index is -1.22. The Hall–Kier alpha value is -3.70. The van der Waals surface area contributed by atoms with Crippen molar-refractivity contribution in [3.63, 3.8) is 0 Å². The van der Waals surface area contributed by atoms with Gasteiger partial charge in [0.1, 0.15) is 35.1 Å². The van der Waals surface area contributed by atoms with Gasteiger partial charge in [-0.25, -0.2) is 9.59 Å². The molecule has 0 aliphatic carbocycles. The van der Waals surface area contributed by atoms with Crippen LogP contribution in [0.4, 0.5) is 0 Å². The van der Waals surface area contributed by atoms with Crippen molar-refractivity contribution < 1.29 is 28.6 Å². The maximum absolute atomic E-state index is 13.1. The van der Waals surface area contributed by atoms with Crippen molar-refractivity contribution in [2.24, 2.45) is 0 Å². The lowest BCUT2D eigenvalue weighted by Gasteiger charge is -2.51. The quantitative estimate of drug-likeness (QED) is 0.281. The molecule has 5 rings (SSSR count). The largest absolute Gasteiger partial charge is 0.489 e. The maximum Gasteiger partial charge on any atom is 0.352 e. The van der Waals surface area contributed by atoms with Crippen molar-refractivity contribution in [3.05, 3.63) is 87.9 Å². The number of fused-ring (bicyclic) bond motifs is 2. The van der Waals surface area contributed by atoms with E-state index in [0.717, 1.165) is 16.7 Å². The number of carbonyl (C=O) groups is 3. The van der Waals surface area contributed by atoms with Gasteiger partial charge in [-0.15, -0.1) is 11.8 Å². The van der Waals surface area contributed by atoms with Crippen molar-refractivity contribution in [1.29, 1.82) is 0 Å². The van der Waals surface area contributed by atoms with Gasteiger partial charge >= 0.3 is 11.6 Å². The fraction of sp³-hybridized carbons (Fsp3) is 0.286. The van der Waals surface area contributed by atoms with Crippen molar-refractivity contribution in [2.45, 2.75) is 30.0 Å². The number of aliphatic carboxylic acids is 1. The SMILES string of the molecule is CCSC[C@@H]1S[C@@H]2[C@H](NC(=O)Cc3ccccc3)C(=O)N2C(C(=O)O)=C1COc1ccc2ccc(=O)oc2c1. The molecule has 0 saturated carbocycles. The fourth-order valence-corrected chi connectivity index (χ4v) is 7.20. The van der Waals surface area contributed by atoms with Gasteiger partial charge in [0.25, 0.3) is 5.91 Å². The van der Waals surface area contributed by atoms with E-state index < -0.39 is 28.9 Å². The Morgan fingerprint density at radius 3 is 2.64 bits per heavy atom. The molecular formula is C28H26N2O7S2. The first-order valence-electron chi connectivity index (χ1n) is 12.4. The van der Waals surface area contributed by atoms with Gasteiger partial charge in [0.15, 0.2) is 0 Å². The third kappa shape index (κ3) is 5.69. The lowest BCUT2D eigenvalue weighted by molar-refractivity contribution is -0.150. The Bertz CT molecular complexity index is 1500. The van der Waals surface area contributed by atoms with Gasteiger partial charge in [-0.2, -0.15) is 11.8 Å². The first-order valence-corrected chi connectivity index (χ1v) is 14.5. The van der Waals surface area contributed by atoms with E-state index in [1.807, 2.05) is 37.3 Å². The van der Waals surface area contributed by atoms with Crippen LogP contribution in [-0.2, 0) is 20.8 Å². The van der Waals surface area contributed by atoms with E-state index in [2.05, 4.69) is 5.32 Å². The number of ether oxygens (including phenoxy) is 1. The van der Waals surface area contributed by atoms with Gasteiger partial charge in [0, 0.05) is 34.1 Å². The number of hydrogen-bond acceptors (Lipinski definition) is 8. The molecule has 0 spiro atoms. The molecule has 0 bridgehead atoms. The molecule has 0 radical (unpaired) electrons. The highest BCUT2D eigenvalue weighted by Crippen LogP contribution is 2.45. The van der Waals surface area contributed by atoms with Crippen LogP contribution < -0.4 is 15.7 Å². The van der Waals surface area contributed by atoms with E-state index in [9.17, 15) is 24.3 Å². The number of carboxylic acids is 1. The van der Waals surface area contributed by atoms with E-state index in [0.29, 0.717) is 22.7 Å². The van der Waals surface area contributed by atoms with Crippen LogP contribution in [0.2, 0.25) is 0 Å². The lowest BCUT2D eigenvalue weighted by atomic mass is 10.0. The smallest absolute Gasteiger partial charge is 0.352 e. The second-order valence-electron chi connectivity index (χ2n) is 9.01. The summed E-state index contributed by atoms with van der Waals surface area (Å²) in [4.78, 5) is 51.1. The topological polar surface area (TPSA) is 126 Å². The molecule has 39 heavy (non-hydrogen) atoms. The molecule has 3 heterocycles. The normalized spacial score (nSPS) is 20.4. The second-order valence-corrected chi connectivity index (χ2v) is 11.7. The molecular weight excluding hydrogens is 540 g/mol. The zero-order valence-electron chi connectivity index (χ0n) is 21.0. The predicted octanol–water partition coefficient (Wildman–Crippen LogP) is 3.27. The highest BCUT2D eigenvalue weighted by Gasteiger charge is 2.56. The Labute approximate surface area is 232 Å². The highest BCUT2D eigenvalue weighted by molar-refractivity contribution is 8.04. The van der Waals surface area contributed by atoms with Gasteiger partial charge in [-0.1, -0.05) is 37.3 Å². The van der Waals surface area contributed by atoms with Crippen LogP contribution in [-0.4, -0.2) is 62.6 Å². The number of nitrogens with one attached hydrogen (secondary N) is 1. The Morgan fingerprint density at radius 1 is 1.13 bits per heavy atom. The van der Waals surface area contributed by atoms with E-state index >= 15 is 0 Å². The average molecular weight is 567 g/mol. The summed E-state index contributed by atoms with van der Waals surface area (Å²) in [6.07, 6.45) is 0.129.